The van der Waals surface area contributed by atoms with Crippen molar-refractivity contribution < 1.29 is 14.2 Å². The minimum atomic E-state index is 0.645. The third kappa shape index (κ3) is 7.28. The van der Waals surface area contributed by atoms with Gasteiger partial charge in [-0.2, -0.15) is 0 Å². The molecule has 1 fully saturated rings. The molecule has 108 valence electrons. The quantitative estimate of drug-likeness (QED) is 0.574. The first-order valence-electron chi connectivity index (χ1n) is 6.93. The monoisotopic (exact) mass is 260 g/mol. The summed E-state index contributed by atoms with van der Waals surface area (Å²) in [4.78, 5) is 2.46. The van der Waals surface area contributed by atoms with Crippen LogP contribution in [0.2, 0.25) is 0 Å². The molecule has 0 saturated carbocycles. The lowest BCUT2D eigenvalue weighted by Crippen LogP contribution is -2.38. The topological polar surface area (TPSA) is 57.0 Å². The van der Waals surface area contributed by atoms with Crippen molar-refractivity contribution in [3.05, 3.63) is 0 Å². The van der Waals surface area contributed by atoms with Crippen LogP contribution in [0.1, 0.15) is 12.8 Å². The van der Waals surface area contributed by atoms with Crippen LogP contribution in [-0.2, 0) is 14.2 Å². The molecule has 0 atom stereocenters. The molecule has 0 aromatic heterocycles. The summed E-state index contributed by atoms with van der Waals surface area (Å²) in [5.41, 5.74) is 5.67. The standard InChI is InChI=1S/C13H28N2O3/c1-16-8-9-18-11-10-17-7-6-15-4-2-13(12-14)3-5-15/h13H,2-12,14H2,1H3. The maximum absolute atomic E-state index is 5.67. The van der Waals surface area contributed by atoms with E-state index in [0.717, 1.165) is 38.7 Å². The van der Waals surface area contributed by atoms with E-state index in [1.807, 2.05) is 0 Å². The Morgan fingerprint density at radius 2 is 1.61 bits per heavy atom. The van der Waals surface area contributed by atoms with Gasteiger partial charge >= 0.3 is 0 Å². The molecule has 1 aliphatic rings. The molecular weight excluding hydrogens is 232 g/mol. The van der Waals surface area contributed by atoms with Gasteiger partial charge in [0.15, 0.2) is 0 Å². The average Bonchev–Trinajstić information content (AvgIpc) is 2.42. The number of rotatable bonds is 10. The molecule has 1 saturated heterocycles. The van der Waals surface area contributed by atoms with E-state index in [0.29, 0.717) is 26.4 Å². The lowest BCUT2D eigenvalue weighted by molar-refractivity contribution is 0.0174. The number of hydrogen-bond acceptors (Lipinski definition) is 5. The zero-order valence-corrected chi connectivity index (χ0v) is 11.6. The van der Waals surface area contributed by atoms with Crippen molar-refractivity contribution in [2.75, 3.05) is 66.3 Å². The van der Waals surface area contributed by atoms with E-state index in [9.17, 15) is 0 Å². The summed E-state index contributed by atoms with van der Waals surface area (Å²) in [5, 5.41) is 0. The van der Waals surface area contributed by atoms with Crippen LogP contribution in [0.25, 0.3) is 0 Å². The smallest absolute Gasteiger partial charge is 0.0701 e. The minimum absolute atomic E-state index is 0.645. The van der Waals surface area contributed by atoms with Gasteiger partial charge in [-0.3, -0.25) is 0 Å². The number of hydrogen-bond donors (Lipinski definition) is 1. The van der Waals surface area contributed by atoms with Crippen molar-refractivity contribution in [1.82, 2.24) is 4.90 Å². The van der Waals surface area contributed by atoms with Gasteiger partial charge in [0, 0.05) is 13.7 Å². The zero-order chi connectivity index (χ0) is 13.1. The summed E-state index contributed by atoms with van der Waals surface area (Å²) in [7, 11) is 1.67. The lowest BCUT2D eigenvalue weighted by atomic mass is 9.97. The molecule has 5 heteroatoms. The molecule has 0 spiro atoms. The number of nitrogens with zero attached hydrogens (tertiary/aromatic N) is 1. The Kier molecular flexibility index (Phi) is 9.42. The second-order valence-corrected chi connectivity index (χ2v) is 4.74. The minimum Gasteiger partial charge on any atom is -0.382 e. The van der Waals surface area contributed by atoms with Crippen molar-refractivity contribution in [1.29, 1.82) is 0 Å². The van der Waals surface area contributed by atoms with Gasteiger partial charge in [0.05, 0.1) is 33.0 Å². The van der Waals surface area contributed by atoms with Crippen molar-refractivity contribution >= 4 is 0 Å². The molecule has 1 rings (SSSR count). The maximum atomic E-state index is 5.67. The first kappa shape index (κ1) is 15.9. The molecule has 0 aromatic rings. The summed E-state index contributed by atoms with van der Waals surface area (Å²) < 4.78 is 15.7. The third-order valence-corrected chi connectivity index (χ3v) is 3.40. The highest BCUT2D eigenvalue weighted by atomic mass is 16.5. The molecular formula is C13H28N2O3. The maximum Gasteiger partial charge on any atom is 0.0701 e. The Labute approximate surface area is 111 Å². The van der Waals surface area contributed by atoms with Gasteiger partial charge in [-0.15, -0.1) is 0 Å². The van der Waals surface area contributed by atoms with Gasteiger partial charge in [0.25, 0.3) is 0 Å². The summed E-state index contributed by atoms with van der Waals surface area (Å²) in [6.45, 7) is 7.59. The highest BCUT2D eigenvalue weighted by molar-refractivity contribution is 4.72. The second kappa shape index (κ2) is 10.7. The fourth-order valence-corrected chi connectivity index (χ4v) is 2.10. The van der Waals surface area contributed by atoms with Gasteiger partial charge in [-0.05, 0) is 38.4 Å². The van der Waals surface area contributed by atoms with Crippen molar-refractivity contribution in [3.63, 3.8) is 0 Å². The highest BCUT2D eigenvalue weighted by Gasteiger charge is 2.17. The van der Waals surface area contributed by atoms with Crippen LogP contribution < -0.4 is 5.73 Å². The van der Waals surface area contributed by atoms with E-state index >= 15 is 0 Å². The first-order valence-corrected chi connectivity index (χ1v) is 6.93. The number of nitrogens with two attached hydrogens (primary N) is 1. The van der Waals surface area contributed by atoms with E-state index in [1.165, 1.54) is 12.8 Å². The first-order chi connectivity index (χ1) is 8.86. The molecule has 0 unspecified atom stereocenters. The van der Waals surface area contributed by atoms with Crippen LogP contribution in [-0.4, -0.2) is 71.2 Å². The van der Waals surface area contributed by atoms with Crippen LogP contribution >= 0.6 is 0 Å². The van der Waals surface area contributed by atoms with E-state index in [4.69, 9.17) is 19.9 Å². The Morgan fingerprint density at radius 1 is 1.00 bits per heavy atom. The molecule has 5 nitrogen and oxygen atoms in total. The van der Waals surface area contributed by atoms with Gasteiger partial charge in [-0.25, -0.2) is 0 Å². The summed E-state index contributed by atoms with van der Waals surface area (Å²) in [5.74, 6) is 0.733. The van der Waals surface area contributed by atoms with Crippen LogP contribution in [0.3, 0.4) is 0 Å². The van der Waals surface area contributed by atoms with E-state index in [1.54, 1.807) is 7.11 Å². The molecule has 0 bridgehead atoms. The van der Waals surface area contributed by atoms with Crippen molar-refractivity contribution in [2.45, 2.75) is 12.8 Å². The summed E-state index contributed by atoms with van der Waals surface area (Å²) in [6.07, 6.45) is 2.47. The van der Waals surface area contributed by atoms with Gasteiger partial charge in [-0.1, -0.05) is 0 Å². The van der Waals surface area contributed by atoms with Gasteiger partial charge < -0.3 is 24.8 Å². The molecule has 1 heterocycles. The highest BCUT2D eigenvalue weighted by Crippen LogP contribution is 2.14. The van der Waals surface area contributed by atoms with Crippen LogP contribution in [0.5, 0.6) is 0 Å². The van der Waals surface area contributed by atoms with Crippen molar-refractivity contribution in [3.8, 4) is 0 Å². The van der Waals surface area contributed by atoms with Crippen LogP contribution in [0.15, 0.2) is 0 Å². The summed E-state index contributed by atoms with van der Waals surface area (Å²) >= 11 is 0. The Hall–Kier alpha value is -0.200. The Morgan fingerprint density at radius 3 is 2.22 bits per heavy atom. The van der Waals surface area contributed by atoms with Gasteiger partial charge in [0.2, 0.25) is 0 Å². The van der Waals surface area contributed by atoms with E-state index < -0.39 is 0 Å². The predicted molar refractivity (Wildman–Crippen MR) is 71.7 cm³/mol. The van der Waals surface area contributed by atoms with Crippen LogP contribution in [0.4, 0.5) is 0 Å². The molecule has 1 aliphatic heterocycles. The fourth-order valence-electron chi connectivity index (χ4n) is 2.10. The zero-order valence-electron chi connectivity index (χ0n) is 11.6. The molecule has 0 radical (unpaired) electrons. The lowest BCUT2D eigenvalue weighted by Gasteiger charge is -2.31. The number of likely N-dealkylation sites (tertiary alicyclic amines) is 1. The SMILES string of the molecule is COCCOCCOCCN1CCC(CN)CC1. The largest absolute Gasteiger partial charge is 0.382 e. The Bertz CT molecular complexity index is 185. The van der Waals surface area contributed by atoms with E-state index in [-0.39, 0.29) is 0 Å². The second-order valence-electron chi connectivity index (χ2n) is 4.74. The normalized spacial score (nSPS) is 18.3. The summed E-state index contributed by atoms with van der Waals surface area (Å²) in [6, 6.07) is 0. The Balaban J connectivity index is 1.84. The number of piperidine rings is 1. The number of methoxy groups -OCH3 is 1. The molecule has 0 aromatic carbocycles. The van der Waals surface area contributed by atoms with Crippen LogP contribution in [0, 0.1) is 5.92 Å². The molecule has 2 N–H and O–H groups in total. The van der Waals surface area contributed by atoms with E-state index in [2.05, 4.69) is 4.90 Å². The molecule has 0 aliphatic carbocycles. The third-order valence-electron chi connectivity index (χ3n) is 3.40. The fraction of sp³-hybridized carbons (Fsp3) is 1.00. The van der Waals surface area contributed by atoms with Gasteiger partial charge in [0.1, 0.15) is 0 Å². The molecule has 0 amide bonds. The predicted octanol–water partition coefficient (Wildman–Crippen LogP) is 0.337. The average molecular weight is 260 g/mol. The molecule has 18 heavy (non-hydrogen) atoms. The number of ether oxygens (including phenoxy) is 3. The van der Waals surface area contributed by atoms with Crippen molar-refractivity contribution in [2.24, 2.45) is 11.7 Å².